The van der Waals surface area contributed by atoms with Crippen molar-refractivity contribution in [3.63, 3.8) is 0 Å². The number of hydrogen-bond donors (Lipinski definition) is 0. The van der Waals surface area contributed by atoms with Crippen LogP contribution in [0.15, 0.2) is 36.4 Å². The highest BCUT2D eigenvalue weighted by Gasteiger charge is 2.23. The zero-order chi connectivity index (χ0) is 18.5. The fourth-order valence-corrected chi connectivity index (χ4v) is 3.12. The molecule has 6 heteroatoms. The summed E-state index contributed by atoms with van der Waals surface area (Å²) in [6.07, 6.45) is 4.41. The van der Waals surface area contributed by atoms with Gasteiger partial charge in [0.05, 0.1) is 17.5 Å². The summed E-state index contributed by atoms with van der Waals surface area (Å²) >= 11 is 0. The first-order valence-electron chi connectivity index (χ1n) is 9.25. The number of nitrogens with zero attached hydrogens (tertiary/aromatic N) is 4. The molecule has 0 unspecified atom stereocenters. The van der Waals surface area contributed by atoms with Crippen LogP contribution >= 0.6 is 0 Å². The lowest BCUT2D eigenvalue weighted by atomic mass is 10.0. The molecule has 0 spiro atoms. The molecular weight excluding hydrogens is 328 g/mol. The lowest BCUT2D eigenvalue weighted by Gasteiger charge is -2.26. The summed E-state index contributed by atoms with van der Waals surface area (Å²) in [6.45, 7) is 7.07. The molecule has 1 aliphatic heterocycles. The number of ether oxygens (including phenoxy) is 1. The monoisotopic (exact) mass is 354 g/mol. The Morgan fingerprint density at radius 1 is 1.27 bits per heavy atom. The van der Waals surface area contributed by atoms with Crippen molar-refractivity contribution in [2.45, 2.75) is 46.1 Å². The maximum Gasteiger partial charge on any atom is 0.410 e. The van der Waals surface area contributed by atoms with Gasteiger partial charge in [0.25, 0.3) is 0 Å². The zero-order valence-corrected chi connectivity index (χ0v) is 15.7. The summed E-state index contributed by atoms with van der Waals surface area (Å²) in [6, 6.07) is 10.1. The molecule has 0 N–H and O–H groups in total. The summed E-state index contributed by atoms with van der Waals surface area (Å²) < 4.78 is 7.21. The molecule has 0 atom stereocenters. The van der Waals surface area contributed by atoms with Gasteiger partial charge in [-0.3, -0.25) is 0 Å². The summed E-state index contributed by atoms with van der Waals surface area (Å²) in [7, 11) is 0. The highest BCUT2D eigenvalue weighted by molar-refractivity contribution is 5.72. The van der Waals surface area contributed by atoms with E-state index in [2.05, 4.69) is 23.3 Å². The van der Waals surface area contributed by atoms with Crippen molar-refractivity contribution in [3.8, 4) is 5.69 Å². The number of carbonyl (C=O) groups excluding carboxylic acids is 1. The lowest BCUT2D eigenvalue weighted by molar-refractivity contribution is 0.0799. The first kappa shape index (κ1) is 18.2. The molecule has 1 aromatic carbocycles. The zero-order valence-electron chi connectivity index (χ0n) is 15.7. The third kappa shape index (κ3) is 3.95. The van der Waals surface area contributed by atoms with Gasteiger partial charge in [0.2, 0.25) is 0 Å². The van der Waals surface area contributed by atoms with E-state index >= 15 is 0 Å². The third-order valence-electron chi connectivity index (χ3n) is 4.36. The van der Waals surface area contributed by atoms with E-state index in [1.807, 2.05) is 48.9 Å². The number of hydrogen-bond acceptors (Lipinski definition) is 4. The van der Waals surface area contributed by atoms with Crippen molar-refractivity contribution in [3.05, 3.63) is 47.8 Å². The fraction of sp³-hybridized carbons (Fsp3) is 0.450. The maximum atomic E-state index is 12.1. The van der Waals surface area contributed by atoms with Crippen LogP contribution in [0.4, 0.5) is 4.79 Å². The van der Waals surface area contributed by atoms with Gasteiger partial charge in [-0.1, -0.05) is 42.8 Å². The average Bonchev–Trinajstić information content (AvgIpc) is 3.06. The molecule has 138 valence electrons. The van der Waals surface area contributed by atoms with Gasteiger partial charge in [-0.05, 0) is 44.4 Å². The highest BCUT2D eigenvalue weighted by atomic mass is 16.6. The Morgan fingerprint density at radius 2 is 2.04 bits per heavy atom. The maximum absolute atomic E-state index is 12.1. The minimum atomic E-state index is -0.253. The van der Waals surface area contributed by atoms with E-state index in [4.69, 9.17) is 4.74 Å². The summed E-state index contributed by atoms with van der Waals surface area (Å²) in [5, 5.41) is 8.86. The molecule has 1 aliphatic rings. The lowest BCUT2D eigenvalue weighted by Crippen LogP contribution is -2.36. The van der Waals surface area contributed by atoms with Gasteiger partial charge in [-0.25, -0.2) is 9.48 Å². The molecule has 3 rings (SSSR count). The number of benzene rings is 1. The third-order valence-corrected chi connectivity index (χ3v) is 4.36. The molecule has 2 aromatic rings. The second-order valence-electron chi connectivity index (χ2n) is 6.74. The van der Waals surface area contributed by atoms with Gasteiger partial charge >= 0.3 is 6.09 Å². The van der Waals surface area contributed by atoms with Crippen LogP contribution in [0.2, 0.25) is 0 Å². The van der Waals surface area contributed by atoms with E-state index in [-0.39, 0.29) is 12.2 Å². The molecule has 1 amide bonds. The molecule has 0 saturated carbocycles. The Bertz CT molecular complexity index is 780. The number of amides is 1. The number of carbonyl (C=O) groups is 1. The molecule has 0 aliphatic carbocycles. The molecule has 6 nitrogen and oxygen atoms in total. The van der Waals surface area contributed by atoms with Crippen molar-refractivity contribution in [2.75, 3.05) is 13.1 Å². The Hall–Kier alpha value is -2.63. The van der Waals surface area contributed by atoms with Crippen molar-refractivity contribution in [1.29, 1.82) is 0 Å². The predicted octanol–water partition coefficient (Wildman–Crippen LogP) is 3.85. The van der Waals surface area contributed by atoms with Gasteiger partial charge in [0, 0.05) is 13.1 Å². The molecule has 2 heterocycles. The highest BCUT2D eigenvalue weighted by Crippen LogP contribution is 2.26. The van der Waals surface area contributed by atoms with Crippen molar-refractivity contribution in [1.82, 2.24) is 19.9 Å². The first-order valence-corrected chi connectivity index (χ1v) is 9.25. The van der Waals surface area contributed by atoms with E-state index in [0.717, 1.165) is 41.9 Å². The molecule has 1 aromatic heterocycles. The Kier molecular flexibility index (Phi) is 5.71. The van der Waals surface area contributed by atoms with Gasteiger partial charge < -0.3 is 9.64 Å². The average molecular weight is 354 g/mol. The van der Waals surface area contributed by atoms with E-state index < -0.39 is 0 Å². The minimum absolute atomic E-state index is 0.102. The van der Waals surface area contributed by atoms with Crippen LogP contribution in [0, 0.1) is 0 Å². The minimum Gasteiger partial charge on any atom is -0.447 e. The van der Waals surface area contributed by atoms with E-state index in [9.17, 15) is 4.79 Å². The van der Waals surface area contributed by atoms with Crippen LogP contribution < -0.4 is 0 Å². The first-order chi connectivity index (χ1) is 12.6. The van der Waals surface area contributed by atoms with Crippen molar-refractivity contribution < 1.29 is 9.53 Å². The number of aromatic nitrogens is 3. The van der Waals surface area contributed by atoms with Crippen LogP contribution in [-0.4, -0.2) is 45.2 Å². The summed E-state index contributed by atoms with van der Waals surface area (Å²) in [5.41, 5.74) is 4.26. The van der Waals surface area contributed by atoms with Gasteiger partial charge in [0.1, 0.15) is 5.69 Å². The molecule has 26 heavy (non-hydrogen) atoms. The summed E-state index contributed by atoms with van der Waals surface area (Å²) in [4.78, 5) is 13.8. The van der Waals surface area contributed by atoms with Crippen LogP contribution in [0.1, 0.15) is 45.0 Å². The normalized spacial score (nSPS) is 14.5. The van der Waals surface area contributed by atoms with E-state index in [1.165, 1.54) is 0 Å². The topological polar surface area (TPSA) is 60.3 Å². The largest absolute Gasteiger partial charge is 0.447 e. The quantitative estimate of drug-likeness (QED) is 0.818. The standard InChI is InChI=1S/C20H26N4O2/c1-4-8-18-19(21-22-24(18)17-9-6-5-7-10-17)16-11-13-23(14-12-16)20(25)26-15(2)3/h5-7,9-11,15H,4,8,12-14H2,1-3H3. The summed E-state index contributed by atoms with van der Waals surface area (Å²) in [5.74, 6) is 0. The van der Waals surface area contributed by atoms with E-state index in [0.29, 0.717) is 13.1 Å². The van der Waals surface area contributed by atoms with Crippen LogP contribution in [0.3, 0.4) is 0 Å². The van der Waals surface area contributed by atoms with Crippen LogP contribution in [0.25, 0.3) is 11.3 Å². The van der Waals surface area contributed by atoms with Gasteiger partial charge in [0.15, 0.2) is 0 Å². The fourth-order valence-electron chi connectivity index (χ4n) is 3.12. The van der Waals surface area contributed by atoms with Crippen molar-refractivity contribution in [2.24, 2.45) is 0 Å². The molecule has 0 radical (unpaired) electrons. The van der Waals surface area contributed by atoms with Gasteiger partial charge in [-0.15, -0.1) is 5.10 Å². The second kappa shape index (κ2) is 8.17. The Labute approximate surface area is 154 Å². The van der Waals surface area contributed by atoms with Gasteiger partial charge in [-0.2, -0.15) is 0 Å². The Morgan fingerprint density at radius 3 is 2.65 bits per heavy atom. The van der Waals surface area contributed by atoms with Crippen LogP contribution in [0.5, 0.6) is 0 Å². The predicted molar refractivity (Wildman–Crippen MR) is 101 cm³/mol. The van der Waals surface area contributed by atoms with E-state index in [1.54, 1.807) is 4.90 Å². The molecule has 0 fully saturated rings. The molecule has 0 bridgehead atoms. The number of para-hydroxylation sites is 1. The second-order valence-corrected chi connectivity index (χ2v) is 6.74. The van der Waals surface area contributed by atoms with Crippen molar-refractivity contribution >= 4 is 11.7 Å². The SMILES string of the molecule is CCCc1c(C2=CCN(C(=O)OC(C)C)CC2)nnn1-c1ccccc1. The number of rotatable bonds is 5. The molecular formula is C20H26N4O2. The smallest absolute Gasteiger partial charge is 0.410 e. The molecule has 0 saturated heterocycles. The van der Waals surface area contributed by atoms with Crippen LogP contribution in [-0.2, 0) is 11.2 Å². The Balaban J connectivity index is 1.83.